The number of benzene rings is 2. The highest BCUT2D eigenvalue weighted by atomic mass is 16.6. The van der Waals surface area contributed by atoms with Crippen LogP contribution in [0.2, 0.25) is 0 Å². The highest BCUT2D eigenvalue weighted by Crippen LogP contribution is 2.30. The van der Waals surface area contributed by atoms with E-state index in [2.05, 4.69) is 15.3 Å². The summed E-state index contributed by atoms with van der Waals surface area (Å²) in [6, 6.07) is 13.1. The predicted octanol–water partition coefficient (Wildman–Crippen LogP) is 1.59. The normalized spacial score (nSPS) is 16.0. The number of aromatic nitrogens is 2. The maximum absolute atomic E-state index is 12.2. The molecule has 3 N–H and O–H groups in total. The number of nitrogens with two attached hydrogens (primary N) is 1. The fourth-order valence-corrected chi connectivity index (χ4v) is 2.85. The standard InChI is InChI=1S/C16H12N6O3/c17-15-18-13(9-5-7-10(8-6-9)22(24)25)21-12-4-2-1-3-11(12)14(23)19-16(21)20-15/h1-8,13H,(H3,17,18,19,20,23)/t13-/m0/s1. The predicted molar refractivity (Wildman–Crippen MR) is 92.5 cm³/mol. The molecule has 1 aromatic heterocycles. The van der Waals surface area contributed by atoms with Crippen molar-refractivity contribution in [3.63, 3.8) is 0 Å². The summed E-state index contributed by atoms with van der Waals surface area (Å²) in [5.74, 6) is 0.394. The molecule has 1 aliphatic heterocycles. The smallest absolute Gasteiger partial charge is 0.282 e. The second kappa shape index (κ2) is 5.41. The molecule has 0 amide bonds. The molecule has 1 aliphatic rings. The van der Waals surface area contributed by atoms with Crippen LogP contribution in [0.5, 0.6) is 0 Å². The molecule has 0 saturated carbocycles. The van der Waals surface area contributed by atoms with Gasteiger partial charge >= 0.3 is 0 Å². The third-order valence-electron chi connectivity index (χ3n) is 3.98. The van der Waals surface area contributed by atoms with Crippen molar-refractivity contribution in [1.29, 1.82) is 0 Å². The lowest BCUT2D eigenvalue weighted by molar-refractivity contribution is -0.384. The lowest BCUT2D eigenvalue weighted by Crippen LogP contribution is -2.34. The van der Waals surface area contributed by atoms with E-state index in [1.165, 1.54) is 12.1 Å². The largest absolute Gasteiger partial charge is 0.370 e. The summed E-state index contributed by atoms with van der Waals surface area (Å²) in [5.41, 5.74) is 6.77. The first-order valence-corrected chi connectivity index (χ1v) is 7.40. The Labute approximate surface area is 140 Å². The third kappa shape index (κ3) is 2.38. The first-order valence-electron chi connectivity index (χ1n) is 7.40. The Balaban J connectivity index is 1.95. The lowest BCUT2D eigenvalue weighted by atomic mass is 10.1. The van der Waals surface area contributed by atoms with Gasteiger partial charge in [0.15, 0.2) is 12.1 Å². The molecule has 0 bridgehead atoms. The lowest BCUT2D eigenvalue weighted by Gasteiger charge is -2.27. The molecule has 0 saturated heterocycles. The van der Waals surface area contributed by atoms with Gasteiger partial charge in [-0.15, -0.1) is 0 Å². The number of nitrogens with zero attached hydrogens (tertiary/aromatic N) is 4. The first kappa shape index (κ1) is 14.8. The third-order valence-corrected chi connectivity index (χ3v) is 3.98. The summed E-state index contributed by atoms with van der Waals surface area (Å²) >= 11 is 0. The Morgan fingerprint density at radius 1 is 1.16 bits per heavy atom. The molecule has 25 heavy (non-hydrogen) atoms. The molecule has 0 unspecified atom stereocenters. The minimum atomic E-state index is -0.588. The Morgan fingerprint density at radius 2 is 1.88 bits per heavy atom. The van der Waals surface area contributed by atoms with Gasteiger partial charge in [-0.2, -0.15) is 4.98 Å². The minimum Gasteiger partial charge on any atom is -0.370 e. The molecule has 0 fully saturated rings. The summed E-state index contributed by atoms with van der Waals surface area (Å²) in [6.07, 6.45) is -0.588. The number of hydrogen-bond donors (Lipinski definition) is 2. The second-order valence-electron chi connectivity index (χ2n) is 5.49. The molecule has 0 radical (unpaired) electrons. The van der Waals surface area contributed by atoms with Crippen LogP contribution in [0.15, 0.2) is 58.3 Å². The Kier molecular flexibility index (Phi) is 3.21. The van der Waals surface area contributed by atoms with Crippen molar-refractivity contribution >= 4 is 28.5 Å². The van der Waals surface area contributed by atoms with Gasteiger partial charge in [0.25, 0.3) is 11.2 Å². The Bertz CT molecular complexity index is 1090. The van der Waals surface area contributed by atoms with Crippen molar-refractivity contribution in [3.05, 3.63) is 74.6 Å². The SMILES string of the molecule is NC1=N[C@H](c2ccc([N+](=O)[O-])cc2)n2c(nc(=O)c3ccccc32)N1. The van der Waals surface area contributed by atoms with Gasteiger partial charge in [-0.25, -0.2) is 4.99 Å². The van der Waals surface area contributed by atoms with Crippen molar-refractivity contribution in [2.75, 3.05) is 5.32 Å². The number of anilines is 1. The molecule has 0 spiro atoms. The summed E-state index contributed by atoms with van der Waals surface area (Å²) < 4.78 is 1.74. The zero-order valence-corrected chi connectivity index (χ0v) is 12.8. The second-order valence-corrected chi connectivity index (χ2v) is 5.49. The van der Waals surface area contributed by atoms with Gasteiger partial charge in [0.1, 0.15) is 0 Å². The molecule has 9 nitrogen and oxygen atoms in total. The van der Waals surface area contributed by atoms with Crippen LogP contribution < -0.4 is 16.6 Å². The number of rotatable bonds is 2. The highest BCUT2D eigenvalue weighted by molar-refractivity contribution is 5.93. The summed E-state index contributed by atoms with van der Waals surface area (Å²) in [6.45, 7) is 0. The highest BCUT2D eigenvalue weighted by Gasteiger charge is 2.24. The van der Waals surface area contributed by atoms with E-state index in [1.54, 1.807) is 34.9 Å². The molecule has 2 heterocycles. The number of aliphatic imine (C=N–C) groups is 1. The van der Waals surface area contributed by atoms with E-state index >= 15 is 0 Å². The number of nitro groups is 1. The Hall–Kier alpha value is -3.75. The number of nitro benzene ring substituents is 1. The van der Waals surface area contributed by atoms with E-state index in [0.717, 1.165) is 0 Å². The van der Waals surface area contributed by atoms with Crippen LogP contribution >= 0.6 is 0 Å². The van der Waals surface area contributed by atoms with E-state index < -0.39 is 11.1 Å². The zero-order valence-electron chi connectivity index (χ0n) is 12.8. The molecule has 2 aromatic carbocycles. The van der Waals surface area contributed by atoms with Gasteiger partial charge < -0.3 is 5.73 Å². The van der Waals surface area contributed by atoms with Gasteiger partial charge in [0.05, 0.1) is 15.8 Å². The number of hydrogen-bond acceptors (Lipinski definition) is 7. The summed E-state index contributed by atoms with van der Waals surface area (Å²) in [5, 5.41) is 14.1. The maximum atomic E-state index is 12.2. The van der Waals surface area contributed by atoms with Crippen molar-refractivity contribution in [3.8, 4) is 0 Å². The van der Waals surface area contributed by atoms with E-state index in [-0.39, 0.29) is 23.2 Å². The molecule has 4 rings (SSSR count). The van der Waals surface area contributed by atoms with Crippen LogP contribution in [0.1, 0.15) is 11.7 Å². The molecule has 3 aromatic rings. The van der Waals surface area contributed by atoms with Gasteiger partial charge in [-0.1, -0.05) is 12.1 Å². The maximum Gasteiger partial charge on any atom is 0.282 e. The van der Waals surface area contributed by atoms with E-state index in [9.17, 15) is 14.9 Å². The van der Waals surface area contributed by atoms with Gasteiger partial charge in [0, 0.05) is 12.1 Å². The first-order chi connectivity index (χ1) is 12.0. The summed E-state index contributed by atoms with van der Waals surface area (Å²) in [7, 11) is 0. The average Bonchev–Trinajstić information content (AvgIpc) is 2.61. The van der Waals surface area contributed by atoms with Crippen LogP contribution in [0.3, 0.4) is 0 Å². The number of non-ortho nitro benzene ring substituents is 1. The molecule has 0 aliphatic carbocycles. The van der Waals surface area contributed by atoms with Crippen LogP contribution in [0.4, 0.5) is 11.6 Å². The minimum absolute atomic E-state index is 0.0160. The molecular formula is C16H12N6O3. The molecular weight excluding hydrogens is 324 g/mol. The van der Waals surface area contributed by atoms with Crippen molar-refractivity contribution < 1.29 is 4.92 Å². The number of fused-ring (bicyclic) bond motifs is 3. The zero-order chi connectivity index (χ0) is 17.6. The monoisotopic (exact) mass is 336 g/mol. The van der Waals surface area contributed by atoms with Crippen molar-refractivity contribution in [2.24, 2.45) is 10.7 Å². The van der Waals surface area contributed by atoms with E-state index in [1.807, 2.05) is 6.07 Å². The molecule has 9 heteroatoms. The van der Waals surface area contributed by atoms with Crippen LogP contribution in [0.25, 0.3) is 10.9 Å². The molecule has 1 atom stereocenters. The van der Waals surface area contributed by atoms with Crippen LogP contribution in [0, 0.1) is 10.1 Å². The van der Waals surface area contributed by atoms with Crippen LogP contribution in [-0.2, 0) is 0 Å². The van der Waals surface area contributed by atoms with Crippen molar-refractivity contribution in [2.45, 2.75) is 6.17 Å². The van der Waals surface area contributed by atoms with Crippen molar-refractivity contribution in [1.82, 2.24) is 9.55 Å². The van der Waals surface area contributed by atoms with Crippen LogP contribution in [-0.4, -0.2) is 20.4 Å². The summed E-state index contributed by atoms with van der Waals surface area (Å²) in [4.78, 5) is 31.0. The van der Waals surface area contributed by atoms with E-state index in [0.29, 0.717) is 16.5 Å². The van der Waals surface area contributed by atoms with E-state index in [4.69, 9.17) is 5.73 Å². The topological polar surface area (TPSA) is 128 Å². The quantitative estimate of drug-likeness (QED) is 0.540. The van der Waals surface area contributed by atoms with Gasteiger partial charge in [-0.3, -0.25) is 24.8 Å². The fraction of sp³-hybridized carbons (Fsp3) is 0.0625. The number of guanidine groups is 1. The molecule has 124 valence electrons. The average molecular weight is 336 g/mol. The van der Waals surface area contributed by atoms with Gasteiger partial charge in [-0.05, 0) is 29.8 Å². The Morgan fingerprint density at radius 3 is 2.60 bits per heavy atom. The fourth-order valence-electron chi connectivity index (χ4n) is 2.85. The number of nitrogens with one attached hydrogen (secondary N) is 1. The number of para-hydroxylation sites is 1. The van der Waals surface area contributed by atoms with Gasteiger partial charge in [0.2, 0.25) is 5.95 Å².